The molecule has 66 heavy (non-hydrogen) atoms. The Labute approximate surface area is 405 Å². The Bertz CT molecular complexity index is 1110. The first-order valence-electron chi connectivity index (χ1n) is 28.2. The van der Waals surface area contributed by atoms with Crippen LogP contribution in [0, 0.1) is 0 Å². The zero-order valence-electron chi connectivity index (χ0n) is 42.8. The van der Waals surface area contributed by atoms with E-state index in [9.17, 15) is 35.4 Å². The summed E-state index contributed by atoms with van der Waals surface area (Å²) >= 11 is 0. The van der Waals surface area contributed by atoms with E-state index in [0.29, 0.717) is 12.8 Å². The summed E-state index contributed by atoms with van der Waals surface area (Å²) in [4.78, 5) is 13.1. The van der Waals surface area contributed by atoms with Gasteiger partial charge in [-0.05, 0) is 32.1 Å². The Morgan fingerprint density at radius 2 is 0.894 bits per heavy atom. The van der Waals surface area contributed by atoms with E-state index in [0.717, 1.165) is 38.5 Å². The van der Waals surface area contributed by atoms with Gasteiger partial charge in [-0.25, -0.2) is 0 Å². The molecule has 1 saturated heterocycles. The second kappa shape index (κ2) is 46.0. The Morgan fingerprint density at radius 3 is 1.32 bits per heavy atom. The number of aliphatic hydroxyl groups is 6. The summed E-state index contributed by atoms with van der Waals surface area (Å²) in [6.45, 7) is 3.61. The summed E-state index contributed by atoms with van der Waals surface area (Å²) < 4.78 is 11.2. The van der Waals surface area contributed by atoms with Gasteiger partial charge in [-0.1, -0.05) is 256 Å². The van der Waals surface area contributed by atoms with Gasteiger partial charge in [0.15, 0.2) is 6.29 Å². The van der Waals surface area contributed by atoms with E-state index < -0.39 is 61.5 Å². The highest BCUT2D eigenvalue weighted by molar-refractivity contribution is 5.80. The van der Waals surface area contributed by atoms with Crippen LogP contribution in [0.5, 0.6) is 0 Å². The van der Waals surface area contributed by atoms with Gasteiger partial charge < -0.3 is 45.4 Å². The number of rotatable bonds is 48. The summed E-state index contributed by atoms with van der Waals surface area (Å²) in [7, 11) is 0. The van der Waals surface area contributed by atoms with Crippen LogP contribution in [0.15, 0.2) is 24.3 Å². The van der Waals surface area contributed by atoms with E-state index in [2.05, 4.69) is 31.3 Å². The van der Waals surface area contributed by atoms with Gasteiger partial charge in [0.25, 0.3) is 0 Å². The summed E-state index contributed by atoms with van der Waals surface area (Å²) in [6.07, 6.45) is 47.3. The molecule has 1 amide bonds. The fraction of sp³-hybridized carbons (Fsp3) is 0.911. The van der Waals surface area contributed by atoms with Gasteiger partial charge in [0.1, 0.15) is 30.5 Å². The van der Waals surface area contributed by atoms with Crippen molar-refractivity contribution in [2.75, 3.05) is 13.2 Å². The highest BCUT2D eigenvalue weighted by atomic mass is 16.7. The van der Waals surface area contributed by atoms with Gasteiger partial charge in [-0.2, -0.15) is 0 Å². The molecule has 0 aliphatic carbocycles. The van der Waals surface area contributed by atoms with Crippen LogP contribution in [0.3, 0.4) is 0 Å². The number of unbranched alkanes of at least 4 members (excludes halogenated alkanes) is 35. The molecule has 0 aromatic heterocycles. The third kappa shape index (κ3) is 34.8. The van der Waals surface area contributed by atoms with Crippen LogP contribution in [-0.4, -0.2) is 98.7 Å². The van der Waals surface area contributed by atoms with Gasteiger partial charge in [0.05, 0.1) is 25.4 Å². The molecule has 0 aromatic rings. The minimum absolute atomic E-state index is 0.308. The van der Waals surface area contributed by atoms with Crippen LogP contribution < -0.4 is 5.32 Å². The average Bonchev–Trinajstić information content (AvgIpc) is 3.32. The number of allylic oxidation sites excluding steroid dienone is 3. The molecular weight excluding hydrogens is 831 g/mol. The molecule has 1 aliphatic rings. The van der Waals surface area contributed by atoms with Crippen molar-refractivity contribution in [2.24, 2.45) is 0 Å². The maximum absolute atomic E-state index is 13.1. The number of ether oxygens (including phenoxy) is 2. The lowest BCUT2D eigenvalue weighted by molar-refractivity contribution is -0.302. The first kappa shape index (κ1) is 62.6. The molecule has 1 aliphatic heterocycles. The molecule has 1 fully saturated rings. The van der Waals surface area contributed by atoms with E-state index >= 15 is 0 Å². The van der Waals surface area contributed by atoms with Crippen molar-refractivity contribution in [2.45, 2.75) is 313 Å². The molecule has 0 radical (unpaired) electrons. The van der Waals surface area contributed by atoms with Crippen molar-refractivity contribution in [1.29, 1.82) is 0 Å². The minimum Gasteiger partial charge on any atom is -0.394 e. The zero-order valence-corrected chi connectivity index (χ0v) is 42.8. The first-order valence-corrected chi connectivity index (χ1v) is 28.2. The lowest BCUT2D eigenvalue weighted by Gasteiger charge is -2.40. The highest BCUT2D eigenvalue weighted by Crippen LogP contribution is 2.23. The Hall–Kier alpha value is -1.37. The van der Waals surface area contributed by atoms with Gasteiger partial charge >= 0.3 is 0 Å². The standard InChI is InChI=1S/C56H107NO9/c1-3-5-7-9-11-13-15-17-18-19-20-21-22-23-24-25-26-27-28-29-30-31-33-35-37-39-41-43-45-50(60)55(64)57-48(47-65-56-54(63)53(62)52(61)51(46-58)66-56)49(59)44-42-40-38-36-34-32-16-14-12-10-8-6-4-2/h34,36,42,44,48-54,56,58-63H,3-33,35,37-41,43,45-47H2,1-2H3,(H,57,64)/b36-34+,44-42+. The summed E-state index contributed by atoms with van der Waals surface area (Å²) in [5.74, 6) is -0.622. The molecule has 8 unspecified atom stereocenters. The van der Waals surface area contributed by atoms with Crippen LogP contribution in [0.25, 0.3) is 0 Å². The monoisotopic (exact) mass is 938 g/mol. The number of hydrogen-bond donors (Lipinski definition) is 7. The second-order valence-electron chi connectivity index (χ2n) is 19.9. The van der Waals surface area contributed by atoms with E-state index in [1.165, 1.54) is 199 Å². The molecule has 8 atom stereocenters. The van der Waals surface area contributed by atoms with Crippen molar-refractivity contribution in [1.82, 2.24) is 5.32 Å². The topological polar surface area (TPSA) is 169 Å². The maximum atomic E-state index is 13.1. The molecule has 0 aromatic carbocycles. The number of carbonyl (C=O) groups excluding carboxylic acids is 1. The molecule has 1 heterocycles. The van der Waals surface area contributed by atoms with Gasteiger partial charge in [-0.3, -0.25) is 4.79 Å². The fourth-order valence-corrected chi connectivity index (χ4v) is 9.06. The van der Waals surface area contributed by atoms with E-state index in [1.54, 1.807) is 6.08 Å². The number of amides is 1. The van der Waals surface area contributed by atoms with Gasteiger partial charge in [-0.15, -0.1) is 0 Å². The van der Waals surface area contributed by atoms with Crippen LogP contribution in [0.1, 0.15) is 264 Å². The molecule has 7 N–H and O–H groups in total. The predicted molar refractivity (Wildman–Crippen MR) is 273 cm³/mol. The molecule has 0 saturated carbocycles. The fourth-order valence-electron chi connectivity index (χ4n) is 9.06. The molecule has 10 heteroatoms. The molecule has 0 bridgehead atoms. The average molecular weight is 938 g/mol. The Morgan fingerprint density at radius 1 is 0.515 bits per heavy atom. The molecule has 390 valence electrons. The molecule has 1 rings (SSSR count). The number of hydrogen-bond acceptors (Lipinski definition) is 9. The summed E-state index contributed by atoms with van der Waals surface area (Å²) in [6, 6.07) is -0.993. The second-order valence-corrected chi connectivity index (χ2v) is 19.9. The van der Waals surface area contributed by atoms with Crippen molar-refractivity contribution < 1.29 is 44.9 Å². The smallest absolute Gasteiger partial charge is 0.249 e. The zero-order chi connectivity index (χ0) is 48.1. The van der Waals surface area contributed by atoms with Gasteiger partial charge in [0.2, 0.25) is 5.91 Å². The molecule has 0 spiro atoms. The largest absolute Gasteiger partial charge is 0.394 e. The Kier molecular flexibility index (Phi) is 43.7. The van der Waals surface area contributed by atoms with E-state index in [4.69, 9.17) is 9.47 Å². The normalized spacial score (nSPS) is 20.4. The van der Waals surface area contributed by atoms with E-state index in [-0.39, 0.29) is 6.61 Å². The lowest BCUT2D eigenvalue weighted by Crippen LogP contribution is -2.60. The third-order valence-corrected chi connectivity index (χ3v) is 13.6. The number of carbonyl (C=O) groups is 1. The van der Waals surface area contributed by atoms with Crippen LogP contribution in [0.4, 0.5) is 0 Å². The predicted octanol–water partition coefficient (Wildman–Crippen LogP) is 12.4. The quantitative estimate of drug-likeness (QED) is 0.0232. The van der Waals surface area contributed by atoms with Crippen molar-refractivity contribution in [3.05, 3.63) is 24.3 Å². The maximum Gasteiger partial charge on any atom is 0.249 e. The number of nitrogens with one attached hydrogen (secondary N) is 1. The van der Waals surface area contributed by atoms with Crippen LogP contribution in [0.2, 0.25) is 0 Å². The lowest BCUT2D eigenvalue weighted by atomic mass is 9.99. The minimum atomic E-state index is -1.61. The molecular formula is C56H107NO9. The summed E-state index contributed by atoms with van der Waals surface area (Å²) in [5.41, 5.74) is 0. The Balaban J connectivity index is 2.20. The SMILES string of the molecule is CCCCCCCCC/C=C/CC/C=C/C(O)C(COC1OC(CO)C(O)C(O)C1O)NC(=O)C(O)CCCCCCCCCCCCCCCCCCCCCCCCCCCCCC. The van der Waals surface area contributed by atoms with Crippen molar-refractivity contribution >= 4 is 5.91 Å². The highest BCUT2D eigenvalue weighted by Gasteiger charge is 2.44. The van der Waals surface area contributed by atoms with Crippen molar-refractivity contribution in [3.63, 3.8) is 0 Å². The van der Waals surface area contributed by atoms with Crippen LogP contribution >= 0.6 is 0 Å². The first-order chi connectivity index (χ1) is 32.3. The summed E-state index contributed by atoms with van der Waals surface area (Å²) in [5, 5.41) is 64.8. The number of aliphatic hydroxyl groups excluding tert-OH is 6. The third-order valence-electron chi connectivity index (χ3n) is 13.6. The van der Waals surface area contributed by atoms with Crippen molar-refractivity contribution in [3.8, 4) is 0 Å². The van der Waals surface area contributed by atoms with E-state index in [1.807, 2.05) is 6.08 Å². The van der Waals surface area contributed by atoms with Crippen LogP contribution in [-0.2, 0) is 14.3 Å². The molecule has 10 nitrogen and oxygen atoms in total. The van der Waals surface area contributed by atoms with Gasteiger partial charge in [0, 0.05) is 0 Å².